The number of hydrogen-bond acceptors (Lipinski definition) is 4. The summed E-state index contributed by atoms with van der Waals surface area (Å²) in [6, 6.07) is 8.29. The highest BCUT2D eigenvalue weighted by atomic mass is 32.2. The van der Waals surface area contributed by atoms with Crippen molar-refractivity contribution in [3.63, 3.8) is 0 Å². The molecule has 6 heteroatoms. The molecule has 116 valence electrons. The van der Waals surface area contributed by atoms with E-state index in [4.69, 9.17) is 0 Å². The number of nitrogens with one attached hydrogen (secondary N) is 2. The molecule has 1 amide bonds. The molecule has 2 N–H and O–H groups in total. The lowest BCUT2D eigenvalue weighted by Gasteiger charge is -2.33. The van der Waals surface area contributed by atoms with E-state index in [9.17, 15) is 4.79 Å². The van der Waals surface area contributed by atoms with E-state index in [2.05, 4.69) is 39.2 Å². The van der Waals surface area contributed by atoms with Gasteiger partial charge in [-0.15, -0.1) is 11.8 Å². The highest BCUT2D eigenvalue weighted by molar-refractivity contribution is 8.00. The Morgan fingerprint density at radius 2 is 2.36 bits per heavy atom. The van der Waals surface area contributed by atoms with Crippen molar-refractivity contribution in [2.75, 3.05) is 24.5 Å². The zero-order valence-corrected chi connectivity index (χ0v) is 13.4. The van der Waals surface area contributed by atoms with Crippen molar-refractivity contribution in [1.82, 2.24) is 15.3 Å². The Morgan fingerprint density at radius 1 is 1.50 bits per heavy atom. The molecule has 1 aliphatic heterocycles. The summed E-state index contributed by atoms with van der Waals surface area (Å²) in [6.07, 6.45) is 4.21. The van der Waals surface area contributed by atoms with Gasteiger partial charge in [-0.1, -0.05) is 19.1 Å². The van der Waals surface area contributed by atoms with Crippen LogP contribution in [0.2, 0.25) is 0 Å². The van der Waals surface area contributed by atoms with Crippen LogP contribution >= 0.6 is 11.8 Å². The van der Waals surface area contributed by atoms with E-state index in [1.165, 1.54) is 4.90 Å². The average molecular weight is 316 g/mol. The standard InChI is InChI=1S/C16H20N4OS/c1-12-9-20(14-4-2-3-5-15(14)22-12)10-16(21)18-7-6-13-8-17-11-19-13/h2-5,8,11-12H,6-7,9-10H2,1H3,(H,17,19)(H,18,21). The Bertz CT molecular complexity index is 629. The Morgan fingerprint density at radius 3 is 3.18 bits per heavy atom. The first kappa shape index (κ1) is 15.0. The number of imidazole rings is 1. The monoisotopic (exact) mass is 316 g/mol. The lowest BCUT2D eigenvalue weighted by molar-refractivity contribution is -0.119. The number of hydrogen-bond donors (Lipinski definition) is 2. The van der Waals surface area contributed by atoms with Gasteiger partial charge >= 0.3 is 0 Å². The number of para-hydroxylation sites is 1. The number of amides is 1. The molecule has 0 aliphatic carbocycles. The van der Waals surface area contributed by atoms with Crippen LogP contribution in [-0.4, -0.2) is 40.8 Å². The van der Waals surface area contributed by atoms with E-state index in [0.29, 0.717) is 18.3 Å². The quantitative estimate of drug-likeness (QED) is 0.886. The molecule has 1 aliphatic rings. The van der Waals surface area contributed by atoms with Crippen molar-refractivity contribution in [2.45, 2.75) is 23.5 Å². The summed E-state index contributed by atoms with van der Waals surface area (Å²) in [4.78, 5) is 22.6. The topological polar surface area (TPSA) is 61.0 Å². The fraction of sp³-hybridized carbons (Fsp3) is 0.375. The van der Waals surface area contributed by atoms with Gasteiger partial charge in [0, 0.05) is 41.5 Å². The van der Waals surface area contributed by atoms with E-state index in [1.54, 1.807) is 12.5 Å². The number of nitrogens with zero attached hydrogens (tertiary/aromatic N) is 2. The van der Waals surface area contributed by atoms with Crippen LogP contribution in [0.15, 0.2) is 41.7 Å². The van der Waals surface area contributed by atoms with Crippen LogP contribution in [0, 0.1) is 0 Å². The van der Waals surface area contributed by atoms with Gasteiger partial charge in [0.25, 0.3) is 0 Å². The Balaban J connectivity index is 1.55. The molecule has 1 aromatic heterocycles. The molecule has 2 heterocycles. The summed E-state index contributed by atoms with van der Waals surface area (Å²) in [5.74, 6) is 0.0634. The second kappa shape index (κ2) is 6.87. The molecule has 2 aromatic rings. The highest BCUT2D eigenvalue weighted by Gasteiger charge is 2.23. The lowest BCUT2D eigenvalue weighted by atomic mass is 10.2. The third-order valence-electron chi connectivity index (χ3n) is 3.62. The van der Waals surface area contributed by atoms with Crippen LogP contribution in [-0.2, 0) is 11.2 Å². The van der Waals surface area contributed by atoms with Gasteiger partial charge in [0.1, 0.15) is 0 Å². The fourth-order valence-electron chi connectivity index (χ4n) is 2.62. The first-order valence-electron chi connectivity index (χ1n) is 7.47. The maximum Gasteiger partial charge on any atom is 0.239 e. The minimum absolute atomic E-state index is 0.0634. The average Bonchev–Trinajstić information content (AvgIpc) is 3.00. The van der Waals surface area contributed by atoms with Crippen molar-refractivity contribution < 1.29 is 4.79 Å². The second-order valence-electron chi connectivity index (χ2n) is 5.45. The van der Waals surface area contributed by atoms with Crippen LogP contribution in [0.25, 0.3) is 0 Å². The van der Waals surface area contributed by atoms with Crippen molar-refractivity contribution >= 4 is 23.4 Å². The van der Waals surface area contributed by atoms with Gasteiger partial charge < -0.3 is 15.2 Å². The Kier molecular flexibility index (Phi) is 4.68. The van der Waals surface area contributed by atoms with Crippen molar-refractivity contribution in [1.29, 1.82) is 0 Å². The van der Waals surface area contributed by atoms with Gasteiger partial charge in [-0.3, -0.25) is 4.79 Å². The number of thioether (sulfide) groups is 1. The summed E-state index contributed by atoms with van der Waals surface area (Å²) in [6.45, 7) is 4.13. The summed E-state index contributed by atoms with van der Waals surface area (Å²) in [5, 5.41) is 3.47. The molecular formula is C16H20N4OS. The van der Waals surface area contributed by atoms with E-state index in [0.717, 1.165) is 24.3 Å². The Hall–Kier alpha value is -1.95. The van der Waals surface area contributed by atoms with Crippen molar-refractivity contribution in [3.8, 4) is 0 Å². The number of carbonyl (C=O) groups excluding carboxylic acids is 1. The first-order valence-corrected chi connectivity index (χ1v) is 8.35. The highest BCUT2D eigenvalue weighted by Crippen LogP contribution is 2.37. The van der Waals surface area contributed by atoms with E-state index >= 15 is 0 Å². The second-order valence-corrected chi connectivity index (χ2v) is 6.93. The van der Waals surface area contributed by atoms with Gasteiger partial charge in [-0.25, -0.2) is 4.98 Å². The zero-order valence-electron chi connectivity index (χ0n) is 12.6. The molecule has 0 spiro atoms. The predicted molar refractivity (Wildman–Crippen MR) is 89.3 cm³/mol. The summed E-state index contributed by atoms with van der Waals surface area (Å²) >= 11 is 1.87. The summed E-state index contributed by atoms with van der Waals surface area (Å²) in [7, 11) is 0. The SMILES string of the molecule is CC1CN(CC(=O)NCCc2cnc[nH]2)c2ccccc2S1. The minimum atomic E-state index is 0.0634. The molecule has 5 nitrogen and oxygen atoms in total. The lowest BCUT2D eigenvalue weighted by Crippen LogP contribution is -2.42. The molecule has 0 saturated heterocycles. The molecule has 0 saturated carbocycles. The zero-order chi connectivity index (χ0) is 15.4. The normalized spacial score (nSPS) is 17.1. The van der Waals surface area contributed by atoms with Crippen LogP contribution in [0.1, 0.15) is 12.6 Å². The van der Waals surface area contributed by atoms with Gasteiger partial charge in [0.2, 0.25) is 5.91 Å². The third kappa shape index (κ3) is 3.62. The van der Waals surface area contributed by atoms with Gasteiger partial charge in [-0.05, 0) is 12.1 Å². The van der Waals surface area contributed by atoms with Crippen LogP contribution in [0.4, 0.5) is 5.69 Å². The minimum Gasteiger partial charge on any atom is -0.360 e. The number of fused-ring (bicyclic) bond motifs is 1. The fourth-order valence-corrected chi connectivity index (χ4v) is 3.78. The number of benzene rings is 1. The summed E-state index contributed by atoms with van der Waals surface area (Å²) < 4.78 is 0. The number of rotatable bonds is 5. The number of anilines is 1. The number of aromatic amines is 1. The maximum atomic E-state index is 12.2. The largest absolute Gasteiger partial charge is 0.360 e. The van der Waals surface area contributed by atoms with Gasteiger partial charge in [0.05, 0.1) is 18.6 Å². The van der Waals surface area contributed by atoms with Crippen LogP contribution < -0.4 is 10.2 Å². The first-order chi connectivity index (χ1) is 10.7. The Labute approximate surface area is 134 Å². The van der Waals surface area contributed by atoms with Crippen LogP contribution in [0.5, 0.6) is 0 Å². The molecule has 3 rings (SSSR count). The van der Waals surface area contributed by atoms with Gasteiger partial charge in [-0.2, -0.15) is 0 Å². The molecule has 1 atom stereocenters. The third-order valence-corrected chi connectivity index (χ3v) is 4.77. The molecular weight excluding hydrogens is 296 g/mol. The van der Waals surface area contributed by atoms with E-state index in [1.807, 2.05) is 23.9 Å². The smallest absolute Gasteiger partial charge is 0.239 e. The molecule has 1 aromatic carbocycles. The summed E-state index contributed by atoms with van der Waals surface area (Å²) in [5.41, 5.74) is 2.20. The maximum absolute atomic E-state index is 12.2. The van der Waals surface area contributed by atoms with Crippen molar-refractivity contribution in [3.05, 3.63) is 42.5 Å². The predicted octanol–water partition coefficient (Wildman–Crippen LogP) is 2.07. The van der Waals surface area contributed by atoms with Gasteiger partial charge in [0.15, 0.2) is 0 Å². The molecule has 0 fully saturated rings. The molecule has 0 bridgehead atoms. The number of carbonyl (C=O) groups is 1. The van der Waals surface area contributed by atoms with E-state index < -0.39 is 0 Å². The molecule has 0 radical (unpaired) electrons. The van der Waals surface area contributed by atoms with E-state index in [-0.39, 0.29) is 5.91 Å². The number of aromatic nitrogens is 2. The van der Waals surface area contributed by atoms with Crippen LogP contribution in [0.3, 0.4) is 0 Å². The molecule has 22 heavy (non-hydrogen) atoms. The molecule has 1 unspecified atom stereocenters. The van der Waals surface area contributed by atoms with Crippen molar-refractivity contribution in [2.24, 2.45) is 0 Å². The number of H-pyrrole nitrogens is 1.